The molecular formula is C27H26N4O3S. The third-order valence-corrected chi connectivity index (χ3v) is 7.12. The summed E-state index contributed by atoms with van der Waals surface area (Å²) in [5, 5.41) is 1.40. The molecule has 1 N–H and O–H groups in total. The Morgan fingerprint density at radius 1 is 0.857 bits per heavy atom. The number of carbonyl (C=O) groups is 1. The summed E-state index contributed by atoms with van der Waals surface area (Å²) in [5.74, 6) is -0.225. The van der Waals surface area contributed by atoms with Gasteiger partial charge < -0.3 is 0 Å². The average Bonchev–Trinajstić information content (AvgIpc) is 2.87. The van der Waals surface area contributed by atoms with E-state index in [9.17, 15) is 13.2 Å². The number of hydrogen-bond acceptors (Lipinski definition) is 5. The molecule has 0 saturated heterocycles. The molecule has 1 amide bonds. The third kappa shape index (κ3) is 5.67. The molecule has 7 nitrogen and oxygen atoms in total. The van der Waals surface area contributed by atoms with Crippen molar-refractivity contribution in [3.05, 3.63) is 115 Å². The van der Waals surface area contributed by atoms with Crippen LogP contribution in [0.15, 0.2) is 108 Å². The molecule has 0 atom stereocenters. The Hall–Kier alpha value is -4.17. The largest absolute Gasteiger partial charge is 0.291 e. The van der Waals surface area contributed by atoms with E-state index in [-0.39, 0.29) is 17.3 Å². The number of nitrogens with one attached hydrogen (secondary N) is 1. The van der Waals surface area contributed by atoms with Gasteiger partial charge in [0.15, 0.2) is 0 Å². The van der Waals surface area contributed by atoms with Crippen molar-refractivity contribution < 1.29 is 13.2 Å². The van der Waals surface area contributed by atoms with Crippen LogP contribution in [0, 0.1) is 6.92 Å². The standard InChI is InChI=1S/C27H26N4O3S/c1-21-17-24(29-31(22(2)32)25-13-15-28-16-14-25)19-26(18-21)30(20-23-9-5-3-6-10-23)35(33,34)27-11-7-4-8-12-27/h3-19,29H,20H2,1-2H3. The van der Waals surface area contributed by atoms with Gasteiger partial charge in [0, 0.05) is 19.3 Å². The van der Waals surface area contributed by atoms with E-state index in [0.717, 1.165) is 11.1 Å². The summed E-state index contributed by atoms with van der Waals surface area (Å²) in [6.07, 6.45) is 3.20. The van der Waals surface area contributed by atoms with Crippen molar-refractivity contribution in [1.29, 1.82) is 0 Å². The van der Waals surface area contributed by atoms with Gasteiger partial charge in [-0.2, -0.15) is 0 Å². The molecule has 0 saturated carbocycles. The molecule has 0 fully saturated rings. The lowest BCUT2D eigenvalue weighted by Gasteiger charge is -2.27. The van der Waals surface area contributed by atoms with E-state index in [0.29, 0.717) is 17.1 Å². The first-order valence-corrected chi connectivity index (χ1v) is 12.5. The summed E-state index contributed by atoms with van der Waals surface area (Å²) < 4.78 is 28.9. The SMILES string of the molecule is CC(=O)N(Nc1cc(C)cc(N(Cc2ccccc2)S(=O)(=O)c2ccccc2)c1)c1ccncc1. The summed E-state index contributed by atoms with van der Waals surface area (Å²) in [4.78, 5) is 16.6. The molecule has 0 unspecified atom stereocenters. The highest BCUT2D eigenvalue weighted by Crippen LogP contribution is 2.30. The van der Waals surface area contributed by atoms with E-state index in [1.807, 2.05) is 49.4 Å². The second-order valence-corrected chi connectivity index (χ2v) is 9.90. The minimum Gasteiger partial charge on any atom is -0.291 e. The number of sulfonamides is 1. The first-order chi connectivity index (χ1) is 16.8. The molecule has 0 spiro atoms. The van der Waals surface area contributed by atoms with E-state index < -0.39 is 10.0 Å². The van der Waals surface area contributed by atoms with Crippen LogP contribution >= 0.6 is 0 Å². The first-order valence-electron chi connectivity index (χ1n) is 11.1. The zero-order valence-electron chi connectivity index (χ0n) is 19.5. The van der Waals surface area contributed by atoms with Crippen LogP contribution in [0.5, 0.6) is 0 Å². The van der Waals surface area contributed by atoms with Crippen LogP contribution in [0.25, 0.3) is 0 Å². The Morgan fingerprint density at radius 2 is 1.49 bits per heavy atom. The summed E-state index contributed by atoms with van der Waals surface area (Å²) in [7, 11) is -3.87. The monoisotopic (exact) mass is 486 g/mol. The molecule has 0 aliphatic heterocycles. The highest BCUT2D eigenvalue weighted by Gasteiger charge is 2.26. The Morgan fingerprint density at radius 3 is 2.11 bits per heavy atom. The van der Waals surface area contributed by atoms with Gasteiger partial charge in [-0.15, -0.1) is 0 Å². The Balaban J connectivity index is 1.77. The summed E-state index contributed by atoms with van der Waals surface area (Å²) in [6, 6.07) is 26.6. The van der Waals surface area contributed by atoms with E-state index in [4.69, 9.17) is 0 Å². The average molecular weight is 487 g/mol. The second kappa shape index (κ2) is 10.4. The lowest BCUT2D eigenvalue weighted by Crippen LogP contribution is -2.35. The molecule has 0 aliphatic carbocycles. The van der Waals surface area contributed by atoms with Gasteiger partial charge in [0.25, 0.3) is 10.0 Å². The zero-order chi connectivity index (χ0) is 24.8. The molecule has 4 aromatic rings. The normalized spacial score (nSPS) is 11.0. The quantitative estimate of drug-likeness (QED) is 0.348. The number of aromatic nitrogens is 1. The maximum atomic E-state index is 13.7. The topological polar surface area (TPSA) is 82.6 Å². The molecule has 0 radical (unpaired) electrons. The highest BCUT2D eigenvalue weighted by atomic mass is 32.2. The Bertz CT molecular complexity index is 1400. The minimum atomic E-state index is -3.87. The minimum absolute atomic E-state index is 0.155. The molecule has 1 aromatic heterocycles. The lowest BCUT2D eigenvalue weighted by molar-refractivity contribution is -0.116. The summed E-state index contributed by atoms with van der Waals surface area (Å²) >= 11 is 0. The fourth-order valence-electron chi connectivity index (χ4n) is 3.70. The predicted octanol–water partition coefficient (Wildman–Crippen LogP) is 5.17. The molecule has 35 heavy (non-hydrogen) atoms. The molecular weight excluding hydrogens is 460 g/mol. The number of benzene rings is 3. The number of anilines is 3. The van der Waals surface area contributed by atoms with Crippen molar-refractivity contribution in [2.75, 3.05) is 14.7 Å². The van der Waals surface area contributed by atoms with Crippen LogP contribution in [-0.2, 0) is 21.4 Å². The number of rotatable bonds is 8. The third-order valence-electron chi connectivity index (χ3n) is 5.33. The lowest BCUT2D eigenvalue weighted by atomic mass is 10.1. The van der Waals surface area contributed by atoms with Gasteiger partial charge >= 0.3 is 0 Å². The van der Waals surface area contributed by atoms with Gasteiger partial charge in [-0.25, -0.2) is 13.4 Å². The number of nitrogens with zero attached hydrogens (tertiary/aromatic N) is 3. The number of pyridine rings is 1. The van der Waals surface area contributed by atoms with E-state index in [2.05, 4.69) is 10.4 Å². The van der Waals surface area contributed by atoms with Crippen LogP contribution in [0.1, 0.15) is 18.1 Å². The van der Waals surface area contributed by atoms with Crippen molar-refractivity contribution in [3.8, 4) is 0 Å². The van der Waals surface area contributed by atoms with E-state index in [1.165, 1.54) is 16.2 Å². The maximum absolute atomic E-state index is 13.7. The van der Waals surface area contributed by atoms with Crippen LogP contribution in [0.4, 0.5) is 17.1 Å². The molecule has 1 heterocycles. The van der Waals surface area contributed by atoms with Crippen molar-refractivity contribution in [2.45, 2.75) is 25.3 Å². The number of hydrogen-bond donors (Lipinski definition) is 1. The van der Waals surface area contributed by atoms with Crippen LogP contribution < -0.4 is 14.7 Å². The van der Waals surface area contributed by atoms with Crippen LogP contribution in [0.3, 0.4) is 0 Å². The molecule has 178 valence electrons. The number of hydrazine groups is 1. The second-order valence-electron chi connectivity index (χ2n) is 8.04. The highest BCUT2D eigenvalue weighted by molar-refractivity contribution is 7.92. The smallest absolute Gasteiger partial charge is 0.264 e. The Kier molecular flexibility index (Phi) is 7.12. The van der Waals surface area contributed by atoms with E-state index >= 15 is 0 Å². The van der Waals surface area contributed by atoms with Crippen LogP contribution in [0.2, 0.25) is 0 Å². The number of carbonyl (C=O) groups excluding carboxylic acids is 1. The van der Waals surface area contributed by atoms with Gasteiger partial charge in [-0.05, 0) is 60.5 Å². The van der Waals surface area contributed by atoms with Gasteiger partial charge in [-0.1, -0.05) is 48.5 Å². The van der Waals surface area contributed by atoms with Crippen molar-refractivity contribution in [2.24, 2.45) is 0 Å². The fraction of sp³-hybridized carbons (Fsp3) is 0.111. The number of aryl methyl sites for hydroxylation is 1. The van der Waals surface area contributed by atoms with Gasteiger partial charge in [0.05, 0.1) is 28.5 Å². The molecule has 3 aromatic carbocycles. The zero-order valence-corrected chi connectivity index (χ0v) is 20.3. The molecule has 0 bridgehead atoms. The number of amides is 1. The Labute approximate surface area is 205 Å². The molecule has 8 heteroatoms. The predicted molar refractivity (Wildman–Crippen MR) is 138 cm³/mol. The molecule has 0 aliphatic rings. The van der Waals surface area contributed by atoms with Crippen molar-refractivity contribution in [1.82, 2.24) is 4.98 Å². The van der Waals surface area contributed by atoms with Gasteiger partial charge in [-0.3, -0.25) is 19.5 Å². The van der Waals surface area contributed by atoms with Gasteiger partial charge in [0.1, 0.15) is 0 Å². The summed E-state index contributed by atoms with van der Waals surface area (Å²) in [6.45, 7) is 3.49. The fourth-order valence-corrected chi connectivity index (χ4v) is 5.16. The molecule has 4 rings (SSSR count). The summed E-state index contributed by atoms with van der Waals surface area (Å²) in [5.41, 5.74) is 6.49. The van der Waals surface area contributed by atoms with Crippen molar-refractivity contribution >= 4 is 33.0 Å². The maximum Gasteiger partial charge on any atom is 0.264 e. The van der Waals surface area contributed by atoms with Gasteiger partial charge in [0.2, 0.25) is 5.91 Å². The van der Waals surface area contributed by atoms with Crippen LogP contribution in [-0.4, -0.2) is 19.3 Å². The first kappa shape index (κ1) is 24.0. The van der Waals surface area contributed by atoms with Crippen molar-refractivity contribution in [3.63, 3.8) is 0 Å². The van der Waals surface area contributed by atoms with E-state index in [1.54, 1.807) is 60.9 Å².